The average molecular weight is 351 g/mol. The van der Waals surface area contributed by atoms with Gasteiger partial charge < -0.3 is 14.7 Å². The van der Waals surface area contributed by atoms with Gasteiger partial charge in [-0.1, -0.05) is 0 Å². The first-order valence-corrected chi connectivity index (χ1v) is 8.05. The largest absolute Gasteiger partial charge is 0.510 e. The van der Waals surface area contributed by atoms with E-state index in [4.69, 9.17) is 10.1 Å². The van der Waals surface area contributed by atoms with E-state index < -0.39 is 11.6 Å². The van der Waals surface area contributed by atoms with E-state index in [1.165, 1.54) is 17.4 Å². The van der Waals surface area contributed by atoms with Crippen molar-refractivity contribution in [2.75, 3.05) is 26.8 Å². The Morgan fingerprint density at radius 3 is 2.88 bits per heavy atom. The van der Waals surface area contributed by atoms with E-state index in [1.807, 2.05) is 0 Å². The minimum absolute atomic E-state index is 0.0716. The maximum Gasteiger partial charge on any atom is 0.159 e. The Morgan fingerprint density at radius 1 is 1.38 bits per heavy atom. The Kier molecular flexibility index (Phi) is 4.59. The molecule has 0 fully saturated rings. The number of aromatic nitrogens is 1. The maximum atomic E-state index is 13.4. The maximum absolute atomic E-state index is 13.4. The summed E-state index contributed by atoms with van der Waals surface area (Å²) in [7, 11) is 1.57. The standard InChI is InChI=1S/C16H15F2N3O2S/c1-23-5-4-21-7-13(22)14(15(21)19)16-20-12(8-24-16)9-2-3-10(17)11(18)6-9/h2-3,6,8,19,22H,4-5,7H2,1H3. The van der Waals surface area contributed by atoms with Crippen LogP contribution in [0.3, 0.4) is 0 Å². The van der Waals surface area contributed by atoms with Crippen molar-refractivity contribution in [1.82, 2.24) is 9.88 Å². The molecule has 1 aliphatic rings. The molecule has 0 amide bonds. The molecule has 3 rings (SSSR count). The lowest BCUT2D eigenvalue weighted by Gasteiger charge is -2.17. The molecule has 0 saturated heterocycles. The number of benzene rings is 1. The predicted octanol–water partition coefficient (Wildman–Crippen LogP) is 3.30. The number of rotatable bonds is 5. The van der Waals surface area contributed by atoms with Gasteiger partial charge in [-0.3, -0.25) is 5.41 Å². The van der Waals surface area contributed by atoms with E-state index in [9.17, 15) is 13.9 Å². The zero-order valence-corrected chi connectivity index (χ0v) is 13.7. The highest BCUT2D eigenvalue weighted by molar-refractivity contribution is 7.11. The lowest BCUT2D eigenvalue weighted by Crippen LogP contribution is -2.29. The number of hydrogen-bond acceptors (Lipinski definition) is 5. The molecular formula is C16H15F2N3O2S. The number of nitrogens with zero attached hydrogens (tertiary/aromatic N) is 2. The summed E-state index contributed by atoms with van der Waals surface area (Å²) in [6, 6.07) is 3.56. The van der Waals surface area contributed by atoms with Crippen molar-refractivity contribution in [3.8, 4) is 11.3 Å². The van der Waals surface area contributed by atoms with Crippen LogP contribution < -0.4 is 0 Å². The van der Waals surface area contributed by atoms with Crippen LogP contribution in [0.1, 0.15) is 5.01 Å². The van der Waals surface area contributed by atoms with Crippen molar-refractivity contribution in [3.05, 3.63) is 46.0 Å². The van der Waals surface area contributed by atoms with Crippen LogP contribution in [0.2, 0.25) is 0 Å². The van der Waals surface area contributed by atoms with Gasteiger partial charge in [0.15, 0.2) is 11.6 Å². The molecule has 1 aromatic carbocycles. The first kappa shape index (κ1) is 16.5. The van der Waals surface area contributed by atoms with Gasteiger partial charge in [-0.05, 0) is 18.2 Å². The van der Waals surface area contributed by atoms with Crippen LogP contribution in [0.5, 0.6) is 0 Å². The highest BCUT2D eigenvalue weighted by atomic mass is 32.1. The molecule has 2 N–H and O–H groups in total. The molecule has 0 unspecified atom stereocenters. The number of halogens is 2. The first-order chi connectivity index (χ1) is 11.5. The molecule has 0 atom stereocenters. The second-order valence-corrected chi connectivity index (χ2v) is 6.11. The summed E-state index contributed by atoms with van der Waals surface area (Å²) in [5.41, 5.74) is 1.28. The number of thiazole rings is 1. The molecule has 1 aliphatic heterocycles. The molecule has 8 heteroatoms. The van der Waals surface area contributed by atoms with Gasteiger partial charge in [-0.25, -0.2) is 13.8 Å². The summed E-state index contributed by atoms with van der Waals surface area (Å²) in [4.78, 5) is 6.05. The number of aliphatic hydroxyl groups excluding tert-OH is 1. The van der Waals surface area contributed by atoms with Crippen molar-refractivity contribution in [1.29, 1.82) is 5.41 Å². The summed E-state index contributed by atoms with van der Waals surface area (Å²) in [6.45, 7) is 1.17. The zero-order valence-electron chi connectivity index (χ0n) is 12.8. The highest BCUT2D eigenvalue weighted by Gasteiger charge is 2.30. The van der Waals surface area contributed by atoms with E-state index in [1.54, 1.807) is 17.4 Å². The fourth-order valence-corrected chi connectivity index (χ4v) is 3.32. The van der Waals surface area contributed by atoms with Crippen molar-refractivity contribution < 1.29 is 18.6 Å². The lowest BCUT2D eigenvalue weighted by molar-refractivity contribution is 0.177. The lowest BCUT2D eigenvalue weighted by atomic mass is 10.1. The van der Waals surface area contributed by atoms with E-state index in [-0.39, 0.29) is 18.1 Å². The zero-order chi connectivity index (χ0) is 17.3. The number of amidine groups is 1. The highest BCUT2D eigenvalue weighted by Crippen LogP contribution is 2.32. The third-order valence-corrected chi connectivity index (χ3v) is 4.54. The monoisotopic (exact) mass is 351 g/mol. The fraction of sp³-hybridized carbons (Fsp3) is 0.250. The van der Waals surface area contributed by atoms with E-state index in [2.05, 4.69) is 4.98 Å². The number of ether oxygens (including phenoxy) is 1. The van der Waals surface area contributed by atoms with Crippen LogP contribution in [-0.2, 0) is 4.74 Å². The molecule has 126 valence electrons. The molecule has 0 aliphatic carbocycles. The average Bonchev–Trinajstić information content (AvgIpc) is 3.13. The van der Waals surface area contributed by atoms with Gasteiger partial charge in [0.1, 0.15) is 16.6 Å². The molecule has 0 bridgehead atoms. The Morgan fingerprint density at radius 2 is 2.17 bits per heavy atom. The van der Waals surface area contributed by atoms with Crippen LogP contribution in [0.15, 0.2) is 29.3 Å². The Balaban J connectivity index is 1.86. The molecule has 5 nitrogen and oxygen atoms in total. The van der Waals surface area contributed by atoms with Crippen LogP contribution in [0.4, 0.5) is 8.78 Å². The van der Waals surface area contributed by atoms with Gasteiger partial charge >= 0.3 is 0 Å². The van der Waals surface area contributed by atoms with Gasteiger partial charge in [0, 0.05) is 24.6 Å². The number of hydrogen-bond donors (Lipinski definition) is 2. The molecule has 0 saturated carbocycles. The third kappa shape index (κ3) is 3.02. The van der Waals surface area contributed by atoms with Crippen molar-refractivity contribution in [3.63, 3.8) is 0 Å². The van der Waals surface area contributed by atoms with E-state index >= 15 is 0 Å². The first-order valence-electron chi connectivity index (χ1n) is 7.17. The van der Waals surface area contributed by atoms with Crippen LogP contribution in [0.25, 0.3) is 16.8 Å². The topological polar surface area (TPSA) is 69.4 Å². The summed E-state index contributed by atoms with van der Waals surface area (Å²) in [5, 5.41) is 20.5. The van der Waals surface area contributed by atoms with Gasteiger partial charge in [-0.15, -0.1) is 11.3 Å². The summed E-state index contributed by atoms with van der Waals surface area (Å²) < 4.78 is 31.4. The minimum atomic E-state index is -0.941. The minimum Gasteiger partial charge on any atom is -0.510 e. The molecule has 2 heterocycles. The van der Waals surface area contributed by atoms with Gasteiger partial charge in [0.05, 0.1) is 24.4 Å². The van der Waals surface area contributed by atoms with Gasteiger partial charge in [0.2, 0.25) is 0 Å². The second kappa shape index (κ2) is 6.66. The number of methoxy groups -OCH3 is 1. The number of aliphatic hydroxyl groups is 1. The second-order valence-electron chi connectivity index (χ2n) is 5.25. The Labute approximate surface area is 141 Å². The summed E-state index contributed by atoms with van der Waals surface area (Å²) >= 11 is 1.24. The van der Waals surface area contributed by atoms with Crippen LogP contribution >= 0.6 is 11.3 Å². The van der Waals surface area contributed by atoms with Crippen molar-refractivity contribution in [2.24, 2.45) is 0 Å². The third-order valence-electron chi connectivity index (χ3n) is 3.68. The Bertz CT molecular complexity index is 819. The summed E-state index contributed by atoms with van der Waals surface area (Å²) in [5.74, 6) is -1.61. The molecule has 2 aromatic rings. The molecular weight excluding hydrogens is 336 g/mol. The molecule has 1 aromatic heterocycles. The number of nitrogens with one attached hydrogen (secondary N) is 1. The predicted molar refractivity (Wildman–Crippen MR) is 88.2 cm³/mol. The molecule has 0 spiro atoms. The quantitative estimate of drug-likeness (QED) is 0.867. The van der Waals surface area contributed by atoms with E-state index in [0.717, 1.165) is 12.1 Å². The fourth-order valence-electron chi connectivity index (χ4n) is 2.43. The van der Waals surface area contributed by atoms with Crippen LogP contribution in [-0.4, -0.2) is 47.6 Å². The SMILES string of the molecule is COCCN1CC(O)=C(c2nc(-c3ccc(F)c(F)c3)cs2)C1=N. The normalized spacial score (nSPS) is 14.8. The van der Waals surface area contributed by atoms with E-state index in [0.29, 0.717) is 35.0 Å². The Hall–Kier alpha value is -2.32. The van der Waals surface area contributed by atoms with Gasteiger partial charge in [-0.2, -0.15) is 0 Å². The summed E-state index contributed by atoms with van der Waals surface area (Å²) in [6.07, 6.45) is 0. The van der Waals surface area contributed by atoms with Crippen molar-refractivity contribution in [2.45, 2.75) is 0 Å². The smallest absolute Gasteiger partial charge is 0.159 e. The van der Waals surface area contributed by atoms with Crippen LogP contribution in [0, 0.1) is 17.0 Å². The van der Waals surface area contributed by atoms with Crippen molar-refractivity contribution >= 4 is 22.7 Å². The molecule has 0 radical (unpaired) electrons. The van der Waals surface area contributed by atoms with Gasteiger partial charge in [0.25, 0.3) is 0 Å². The molecule has 24 heavy (non-hydrogen) atoms.